The first-order valence-electron chi connectivity index (χ1n) is 5.95. The van der Waals surface area contributed by atoms with E-state index in [1.54, 1.807) is 0 Å². The van der Waals surface area contributed by atoms with Gasteiger partial charge in [0.25, 0.3) is 0 Å². The average Bonchev–Trinajstić information content (AvgIpc) is 2.14. The Kier molecular flexibility index (Phi) is 4.51. The molecule has 0 aliphatic carbocycles. The molecular weight excluding hydrogens is 222 g/mol. The average molecular weight is 243 g/mol. The van der Waals surface area contributed by atoms with Crippen LogP contribution in [0.4, 0.5) is 0 Å². The summed E-state index contributed by atoms with van der Waals surface area (Å²) in [6.45, 7) is 6.62. The number of carbonyl (C=O) groups is 2. The molecule has 5 nitrogen and oxygen atoms in total. The van der Waals surface area contributed by atoms with Gasteiger partial charge >= 0.3 is 11.9 Å². The van der Waals surface area contributed by atoms with Gasteiger partial charge in [-0.25, -0.2) is 0 Å². The minimum Gasteiger partial charge on any atom is -0.481 e. The normalized spacial score (nSPS) is 25.4. The summed E-state index contributed by atoms with van der Waals surface area (Å²) in [6, 6.07) is 0. The van der Waals surface area contributed by atoms with Crippen molar-refractivity contribution in [1.82, 2.24) is 5.32 Å². The van der Waals surface area contributed by atoms with E-state index in [0.29, 0.717) is 13.0 Å². The highest BCUT2D eigenvalue weighted by molar-refractivity contribution is 5.74. The van der Waals surface area contributed by atoms with Gasteiger partial charge in [-0.3, -0.25) is 9.59 Å². The van der Waals surface area contributed by atoms with Gasteiger partial charge in [-0.05, 0) is 39.7 Å². The minimum atomic E-state index is -0.842. The first kappa shape index (κ1) is 14.0. The maximum atomic E-state index is 11.7. The highest BCUT2D eigenvalue weighted by atomic mass is 16.6. The van der Waals surface area contributed by atoms with Gasteiger partial charge in [0.1, 0.15) is 5.60 Å². The van der Waals surface area contributed by atoms with E-state index in [9.17, 15) is 9.59 Å². The van der Waals surface area contributed by atoms with Crippen molar-refractivity contribution in [3.05, 3.63) is 0 Å². The number of hydrogen-bond donors (Lipinski definition) is 2. The van der Waals surface area contributed by atoms with Gasteiger partial charge in [0.05, 0.1) is 5.92 Å². The van der Waals surface area contributed by atoms with Gasteiger partial charge in [-0.15, -0.1) is 0 Å². The lowest BCUT2D eigenvalue weighted by atomic mass is 9.84. The first-order valence-corrected chi connectivity index (χ1v) is 5.95. The predicted molar refractivity (Wildman–Crippen MR) is 62.6 cm³/mol. The van der Waals surface area contributed by atoms with Gasteiger partial charge in [0.15, 0.2) is 0 Å². The zero-order valence-electron chi connectivity index (χ0n) is 10.7. The molecule has 1 rings (SSSR count). The van der Waals surface area contributed by atoms with Crippen LogP contribution in [0, 0.1) is 11.8 Å². The molecule has 0 saturated carbocycles. The van der Waals surface area contributed by atoms with E-state index in [0.717, 1.165) is 6.54 Å². The second-order valence-corrected chi connectivity index (χ2v) is 5.49. The molecule has 2 atom stereocenters. The fourth-order valence-electron chi connectivity index (χ4n) is 2.04. The molecule has 1 fully saturated rings. The lowest BCUT2D eigenvalue weighted by Crippen LogP contribution is -2.42. The van der Waals surface area contributed by atoms with Crippen LogP contribution in [0.1, 0.15) is 33.6 Å². The summed E-state index contributed by atoms with van der Waals surface area (Å²) >= 11 is 0. The molecule has 0 bridgehead atoms. The summed E-state index contributed by atoms with van der Waals surface area (Å²) in [5.74, 6) is -1.76. The van der Waals surface area contributed by atoms with Gasteiger partial charge in [0.2, 0.25) is 0 Å². The number of carboxylic acids is 1. The number of aliphatic carboxylic acids is 1. The third kappa shape index (κ3) is 4.73. The van der Waals surface area contributed by atoms with E-state index >= 15 is 0 Å². The summed E-state index contributed by atoms with van der Waals surface area (Å²) in [4.78, 5) is 22.7. The number of carbonyl (C=O) groups excluding carboxylic acids is 1. The molecule has 0 amide bonds. The van der Waals surface area contributed by atoms with Crippen LogP contribution >= 0.6 is 0 Å². The largest absolute Gasteiger partial charge is 0.481 e. The van der Waals surface area contributed by atoms with Crippen LogP contribution in [0.2, 0.25) is 0 Å². The zero-order chi connectivity index (χ0) is 13.1. The van der Waals surface area contributed by atoms with E-state index in [2.05, 4.69) is 5.32 Å². The molecule has 0 aromatic carbocycles. The van der Waals surface area contributed by atoms with Crippen molar-refractivity contribution in [3.63, 3.8) is 0 Å². The number of hydrogen-bond acceptors (Lipinski definition) is 4. The van der Waals surface area contributed by atoms with Crippen LogP contribution in [-0.4, -0.2) is 35.7 Å². The van der Waals surface area contributed by atoms with Gasteiger partial charge in [-0.2, -0.15) is 0 Å². The highest BCUT2D eigenvalue weighted by Gasteiger charge is 2.33. The molecule has 1 aliphatic heterocycles. The summed E-state index contributed by atoms with van der Waals surface area (Å²) < 4.78 is 5.22. The Labute approximate surface area is 102 Å². The molecule has 1 saturated heterocycles. The summed E-state index contributed by atoms with van der Waals surface area (Å²) in [5.41, 5.74) is -0.511. The molecule has 0 aromatic rings. The Morgan fingerprint density at radius 1 is 1.41 bits per heavy atom. The van der Waals surface area contributed by atoms with Gasteiger partial charge in [0, 0.05) is 13.0 Å². The second-order valence-electron chi connectivity index (χ2n) is 5.49. The van der Waals surface area contributed by atoms with Crippen LogP contribution in [0.15, 0.2) is 0 Å². The maximum absolute atomic E-state index is 11.7. The molecule has 0 spiro atoms. The van der Waals surface area contributed by atoms with Gasteiger partial charge in [-0.1, -0.05) is 0 Å². The number of esters is 1. The third-order valence-electron chi connectivity index (χ3n) is 2.79. The Morgan fingerprint density at radius 2 is 2.06 bits per heavy atom. The first-order chi connectivity index (χ1) is 7.79. The summed E-state index contributed by atoms with van der Waals surface area (Å²) in [6.07, 6.45) is 0.895. The Morgan fingerprint density at radius 3 is 2.59 bits per heavy atom. The predicted octanol–water partition coefficient (Wildman–Crippen LogP) is 1.03. The monoisotopic (exact) mass is 243 g/mol. The van der Waals surface area contributed by atoms with Crippen LogP contribution in [0.25, 0.3) is 0 Å². The highest BCUT2D eigenvalue weighted by Crippen LogP contribution is 2.24. The number of nitrogens with one attached hydrogen (secondary N) is 1. The minimum absolute atomic E-state index is 0.122. The lowest BCUT2D eigenvalue weighted by Gasteiger charge is -2.29. The Bertz CT molecular complexity index is 295. The molecule has 0 radical (unpaired) electrons. The molecule has 0 aromatic heterocycles. The van der Waals surface area contributed by atoms with Crippen LogP contribution in [0.3, 0.4) is 0 Å². The number of carboxylic acid groups (broad SMARTS) is 1. The molecule has 1 aliphatic rings. The van der Waals surface area contributed by atoms with Crippen molar-refractivity contribution in [1.29, 1.82) is 0 Å². The van der Waals surface area contributed by atoms with Crippen LogP contribution < -0.4 is 5.32 Å². The molecule has 5 heteroatoms. The van der Waals surface area contributed by atoms with Crippen molar-refractivity contribution < 1.29 is 19.4 Å². The third-order valence-corrected chi connectivity index (χ3v) is 2.79. The van der Waals surface area contributed by atoms with Crippen LogP contribution in [0.5, 0.6) is 0 Å². The van der Waals surface area contributed by atoms with Gasteiger partial charge < -0.3 is 15.2 Å². The SMILES string of the molecule is CC(C)(C)OC(=O)CC1CCNCC1C(=O)O. The van der Waals surface area contributed by atoms with E-state index in [1.807, 2.05) is 20.8 Å². The van der Waals surface area contributed by atoms with Crippen molar-refractivity contribution in [3.8, 4) is 0 Å². The molecule has 98 valence electrons. The van der Waals surface area contributed by atoms with E-state index in [1.165, 1.54) is 0 Å². The Balaban J connectivity index is 2.53. The second kappa shape index (κ2) is 5.49. The van der Waals surface area contributed by atoms with Crippen molar-refractivity contribution >= 4 is 11.9 Å². The van der Waals surface area contributed by atoms with Crippen LogP contribution in [-0.2, 0) is 14.3 Å². The number of ether oxygens (including phenoxy) is 1. The molecule has 2 unspecified atom stereocenters. The quantitative estimate of drug-likeness (QED) is 0.724. The topological polar surface area (TPSA) is 75.6 Å². The van der Waals surface area contributed by atoms with Crippen molar-refractivity contribution in [2.24, 2.45) is 11.8 Å². The van der Waals surface area contributed by atoms with E-state index < -0.39 is 17.5 Å². The van der Waals surface area contributed by atoms with Crippen molar-refractivity contribution in [2.75, 3.05) is 13.1 Å². The molecular formula is C12H21NO4. The fraction of sp³-hybridized carbons (Fsp3) is 0.833. The molecule has 2 N–H and O–H groups in total. The molecule has 17 heavy (non-hydrogen) atoms. The Hall–Kier alpha value is -1.10. The standard InChI is InChI=1S/C12H21NO4/c1-12(2,3)17-10(14)6-8-4-5-13-7-9(8)11(15)16/h8-9,13H,4-7H2,1-3H3,(H,15,16). The van der Waals surface area contributed by atoms with E-state index in [-0.39, 0.29) is 18.3 Å². The van der Waals surface area contributed by atoms with E-state index in [4.69, 9.17) is 9.84 Å². The smallest absolute Gasteiger partial charge is 0.308 e. The number of piperidine rings is 1. The number of rotatable bonds is 3. The zero-order valence-corrected chi connectivity index (χ0v) is 10.7. The summed E-state index contributed by atoms with van der Waals surface area (Å²) in [5, 5.41) is 12.1. The fourth-order valence-corrected chi connectivity index (χ4v) is 2.04. The maximum Gasteiger partial charge on any atom is 0.308 e. The lowest BCUT2D eigenvalue weighted by molar-refractivity contribution is -0.157. The van der Waals surface area contributed by atoms with Crippen molar-refractivity contribution in [2.45, 2.75) is 39.2 Å². The summed E-state index contributed by atoms with van der Waals surface area (Å²) in [7, 11) is 0. The molecule has 1 heterocycles.